The third kappa shape index (κ3) is 5.79. The molecule has 0 aliphatic heterocycles. The lowest BCUT2D eigenvalue weighted by atomic mass is 10.1. The summed E-state index contributed by atoms with van der Waals surface area (Å²) in [5, 5.41) is 12.5. The molecule has 124 valence electrons. The number of aliphatic hydroxyl groups is 1. The summed E-state index contributed by atoms with van der Waals surface area (Å²) < 4.78 is 18.0. The predicted molar refractivity (Wildman–Crippen MR) is 83.5 cm³/mol. The fourth-order valence-corrected chi connectivity index (χ4v) is 2.40. The molecule has 3 unspecified atom stereocenters. The van der Waals surface area contributed by atoms with Crippen LogP contribution in [0.2, 0.25) is 0 Å². The Hall–Kier alpha value is -1.37. The highest BCUT2D eigenvalue weighted by atomic mass is 35.5. The number of carbonyl (C=O) groups excluding carboxylic acids is 1. The summed E-state index contributed by atoms with van der Waals surface area (Å²) in [7, 11) is 0. The van der Waals surface area contributed by atoms with E-state index in [4.69, 9.17) is 10.5 Å². The Bertz CT molecular complexity index is 472. The van der Waals surface area contributed by atoms with E-state index in [-0.39, 0.29) is 49.2 Å². The van der Waals surface area contributed by atoms with Crippen molar-refractivity contribution >= 4 is 18.3 Å². The molecule has 22 heavy (non-hydrogen) atoms. The third-order valence-electron chi connectivity index (χ3n) is 3.61. The molecule has 2 rings (SSSR count). The lowest BCUT2D eigenvalue weighted by molar-refractivity contribution is -0.125. The van der Waals surface area contributed by atoms with Crippen LogP contribution in [0, 0.1) is 11.7 Å². The molecule has 7 heteroatoms. The molecule has 0 spiro atoms. The van der Waals surface area contributed by atoms with Crippen LogP contribution in [0.1, 0.15) is 19.3 Å². The first kappa shape index (κ1) is 18.7. The van der Waals surface area contributed by atoms with E-state index >= 15 is 0 Å². The number of benzene rings is 1. The number of nitrogens with two attached hydrogens (primary N) is 1. The third-order valence-corrected chi connectivity index (χ3v) is 3.61. The second kappa shape index (κ2) is 8.92. The monoisotopic (exact) mass is 332 g/mol. The topological polar surface area (TPSA) is 84.6 Å². The van der Waals surface area contributed by atoms with E-state index in [1.165, 1.54) is 24.3 Å². The Morgan fingerprint density at radius 2 is 2.09 bits per heavy atom. The van der Waals surface area contributed by atoms with E-state index < -0.39 is 6.10 Å². The molecule has 0 heterocycles. The average Bonchev–Trinajstić information content (AvgIpc) is 2.91. The molecule has 1 saturated carbocycles. The molecule has 1 aliphatic rings. The largest absolute Gasteiger partial charge is 0.491 e. The van der Waals surface area contributed by atoms with Crippen LogP contribution < -0.4 is 15.8 Å². The Labute approximate surface area is 135 Å². The first-order valence-electron chi connectivity index (χ1n) is 7.14. The Kier molecular flexibility index (Phi) is 7.58. The lowest BCUT2D eigenvalue weighted by Crippen LogP contribution is -2.38. The predicted octanol–water partition coefficient (Wildman–Crippen LogP) is 1.23. The molecule has 1 aliphatic carbocycles. The summed E-state index contributed by atoms with van der Waals surface area (Å²) in [6.45, 7) is 0.169. The van der Waals surface area contributed by atoms with E-state index in [0.717, 1.165) is 12.8 Å². The maximum Gasteiger partial charge on any atom is 0.223 e. The zero-order valence-electron chi connectivity index (χ0n) is 12.2. The lowest BCUT2D eigenvalue weighted by Gasteiger charge is -2.15. The van der Waals surface area contributed by atoms with Crippen molar-refractivity contribution in [3.8, 4) is 5.75 Å². The summed E-state index contributed by atoms with van der Waals surface area (Å²) in [4.78, 5) is 11.8. The molecular formula is C15H22ClFN2O3. The second-order valence-corrected chi connectivity index (χ2v) is 5.43. The summed E-state index contributed by atoms with van der Waals surface area (Å²) in [6.07, 6.45) is 1.56. The zero-order valence-corrected chi connectivity index (χ0v) is 13.0. The van der Waals surface area contributed by atoms with Crippen LogP contribution in [0.3, 0.4) is 0 Å². The molecule has 3 atom stereocenters. The van der Waals surface area contributed by atoms with Gasteiger partial charge in [-0.3, -0.25) is 4.79 Å². The van der Waals surface area contributed by atoms with Crippen LogP contribution in [0.25, 0.3) is 0 Å². The van der Waals surface area contributed by atoms with Gasteiger partial charge in [0.15, 0.2) is 0 Å². The minimum atomic E-state index is -0.811. The molecule has 0 saturated heterocycles. The van der Waals surface area contributed by atoms with Crippen LogP contribution in [0.5, 0.6) is 5.75 Å². The summed E-state index contributed by atoms with van der Waals surface area (Å²) in [5.41, 5.74) is 5.77. The standard InChI is InChI=1S/C15H21FN2O3.ClH/c16-11-2-5-14(6-3-11)21-9-13(19)8-18-15(20)10-1-4-12(17)7-10;/h2-3,5-6,10,12-13,19H,1,4,7-9,17H2,(H,18,20);1H. The number of amides is 1. The van der Waals surface area contributed by atoms with Crippen molar-refractivity contribution in [3.63, 3.8) is 0 Å². The van der Waals surface area contributed by atoms with Gasteiger partial charge in [0, 0.05) is 18.5 Å². The number of nitrogens with one attached hydrogen (secondary N) is 1. The molecule has 0 bridgehead atoms. The number of hydrogen-bond donors (Lipinski definition) is 3. The van der Waals surface area contributed by atoms with Gasteiger partial charge in [-0.1, -0.05) is 0 Å². The van der Waals surface area contributed by atoms with Gasteiger partial charge in [0.25, 0.3) is 0 Å². The quantitative estimate of drug-likeness (QED) is 0.731. The first-order chi connectivity index (χ1) is 10.0. The minimum Gasteiger partial charge on any atom is -0.491 e. The van der Waals surface area contributed by atoms with E-state index in [1.54, 1.807) is 0 Å². The highest BCUT2D eigenvalue weighted by Crippen LogP contribution is 2.23. The molecular weight excluding hydrogens is 311 g/mol. The maximum atomic E-state index is 12.7. The fraction of sp³-hybridized carbons (Fsp3) is 0.533. The number of halogens is 2. The van der Waals surface area contributed by atoms with Gasteiger partial charge >= 0.3 is 0 Å². The number of rotatable bonds is 6. The van der Waals surface area contributed by atoms with Gasteiger partial charge < -0.3 is 20.9 Å². The number of aliphatic hydroxyl groups excluding tert-OH is 1. The Morgan fingerprint density at radius 3 is 2.68 bits per heavy atom. The van der Waals surface area contributed by atoms with Crippen LogP contribution >= 0.6 is 12.4 Å². The number of hydrogen-bond acceptors (Lipinski definition) is 4. The zero-order chi connectivity index (χ0) is 15.2. The van der Waals surface area contributed by atoms with Gasteiger partial charge in [-0.2, -0.15) is 0 Å². The Morgan fingerprint density at radius 1 is 1.41 bits per heavy atom. The van der Waals surface area contributed by atoms with Gasteiger partial charge in [-0.05, 0) is 43.5 Å². The van der Waals surface area contributed by atoms with E-state index in [1.807, 2.05) is 0 Å². The molecule has 4 N–H and O–H groups in total. The SMILES string of the molecule is Cl.NC1CCC(C(=O)NCC(O)COc2ccc(F)cc2)C1. The molecule has 1 aromatic rings. The molecule has 5 nitrogen and oxygen atoms in total. The highest BCUT2D eigenvalue weighted by molar-refractivity contribution is 5.85. The number of carbonyl (C=O) groups is 1. The van der Waals surface area contributed by atoms with Crippen molar-refractivity contribution in [2.75, 3.05) is 13.2 Å². The average molecular weight is 333 g/mol. The Balaban J connectivity index is 0.00000242. The fourth-order valence-electron chi connectivity index (χ4n) is 2.40. The smallest absolute Gasteiger partial charge is 0.223 e. The maximum absolute atomic E-state index is 12.7. The van der Waals surface area contributed by atoms with Crippen LogP contribution in [-0.2, 0) is 4.79 Å². The van der Waals surface area contributed by atoms with Crippen molar-refractivity contribution in [2.45, 2.75) is 31.4 Å². The summed E-state index contributed by atoms with van der Waals surface area (Å²) >= 11 is 0. The first-order valence-corrected chi connectivity index (χ1v) is 7.14. The summed E-state index contributed by atoms with van der Waals surface area (Å²) in [5.74, 6) is 0.0162. The van der Waals surface area contributed by atoms with Gasteiger partial charge in [0.2, 0.25) is 5.91 Å². The van der Waals surface area contributed by atoms with Crippen LogP contribution in [-0.4, -0.2) is 36.3 Å². The van der Waals surface area contributed by atoms with E-state index in [2.05, 4.69) is 5.32 Å². The van der Waals surface area contributed by atoms with Crippen molar-refractivity contribution in [1.29, 1.82) is 0 Å². The van der Waals surface area contributed by atoms with Gasteiger partial charge in [0.05, 0.1) is 0 Å². The van der Waals surface area contributed by atoms with Crippen LogP contribution in [0.15, 0.2) is 24.3 Å². The van der Waals surface area contributed by atoms with Gasteiger partial charge in [0.1, 0.15) is 24.3 Å². The summed E-state index contributed by atoms with van der Waals surface area (Å²) in [6, 6.07) is 5.65. The number of ether oxygens (including phenoxy) is 1. The van der Waals surface area contributed by atoms with E-state index in [9.17, 15) is 14.3 Å². The van der Waals surface area contributed by atoms with Crippen molar-refractivity contribution in [2.24, 2.45) is 11.7 Å². The van der Waals surface area contributed by atoms with Gasteiger partial charge in [-0.25, -0.2) is 4.39 Å². The molecule has 1 amide bonds. The molecule has 1 fully saturated rings. The normalized spacial score (nSPS) is 21.8. The van der Waals surface area contributed by atoms with Crippen LogP contribution in [0.4, 0.5) is 4.39 Å². The second-order valence-electron chi connectivity index (χ2n) is 5.43. The molecule has 0 radical (unpaired) electrons. The van der Waals surface area contributed by atoms with Crippen molar-refractivity contribution in [1.82, 2.24) is 5.32 Å². The molecule has 0 aromatic heterocycles. The van der Waals surface area contributed by atoms with Gasteiger partial charge in [-0.15, -0.1) is 12.4 Å². The molecule has 1 aromatic carbocycles. The van der Waals surface area contributed by atoms with Crippen molar-refractivity contribution in [3.05, 3.63) is 30.1 Å². The highest BCUT2D eigenvalue weighted by Gasteiger charge is 2.27. The van der Waals surface area contributed by atoms with E-state index in [0.29, 0.717) is 12.2 Å². The van der Waals surface area contributed by atoms with Crippen molar-refractivity contribution < 1.29 is 19.0 Å². The minimum absolute atomic E-state index is 0.